The molecular formula is C36H49N11O4. The lowest BCUT2D eigenvalue weighted by molar-refractivity contribution is -0.132. The van der Waals surface area contributed by atoms with Crippen LogP contribution in [0, 0.1) is 0 Å². The first kappa shape index (κ1) is 37.0. The maximum absolute atomic E-state index is 12.4. The molecule has 3 aromatic heterocycles. The van der Waals surface area contributed by atoms with Gasteiger partial charge in [0, 0.05) is 76.0 Å². The first-order valence-electron chi connectivity index (χ1n) is 17.7. The number of β-amino-alcohol motifs (C(OH)–C–C–N with tert-alkyl or cyclic N) is 1. The largest absolute Gasteiger partial charge is 0.391 e. The Bertz CT molecular complexity index is 1750. The summed E-state index contributed by atoms with van der Waals surface area (Å²) in [5.41, 5.74) is 9.55. The summed E-state index contributed by atoms with van der Waals surface area (Å²) in [4.78, 5) is 57.8. The van der Waals surface area contributed by atoms with Gasteiger partial charge in [-0.2, -0.15) is 0 Å². The molecule has 0 radical (unpaired) electrons. The van der Waals surface area contributed by atoms with Gasteiger partial charge in [0.2, 0.25) is 17.7 Å². The molecule has 6 N–H and O–H groups in total. The zero-order chi connectivity index (χ0) is 36.0. The summed E-state index contributed by atoms with van der Waals surface area (Å²) in [6.45, 7) is 2.13. The zero-order valence-electron chi connectivity index (χ0n) is 29.3. The van der Waals surface area contributed by atoms with Gasteiger partial charge in [0.05, 0.1) is 25.0 Å². The van der Waals surface area contributed by atoms with Gasteiger partial charge in [-0.15, -0.1) is 0 Å². The van der Waals surface area contributed by atoms with E-state index in [1.165, 1.54) is 6.20 Å². The fourth-order valence-electron chi connectivity index (χ4n) is 5.96. The summed E-state index contributed by atoms with van der Waals surface area (Å²) in [6.07, 6.45) is 16.4. The first-order valence-corrected chi connectivity index (χ1v) is 17.7. The normalized spacial score (nSPS) is 14.1. The topological polar surface area (TPSA) is 196 Å². The number of unbranched alkanes of at least 4 members (excludes halogenated alkanes) is 6. The van der Waals surface area contributed by atoms with E-state index >= 15 is 0 Å². The molecule has 1 aliphatic heterocycles. The quantitative estimate of drug-likeness (QED) is 0.0901. The number of fused-ring (bicyclic) bond motifs is 1. The first-order chi connectivity index (χ1) is 24.7. The van der Waals surface area contributed by atoms with E-state index in [0.29, 0.717) is 74.1 Å². The molecule has 1 aliphatic rings. The highest BCUT2D eigenvalue weighted by molar-refractivity contribution is 5.85. The van der Waals surface area contributed by atoms with Gasteiger partial charge in [-0.1, -0.05) is 32.1 Å². The zero-order valence-corrected chi connectivity index (χ0v) is 29.3. The Hall–Kier alpha value is -5.31. The van der Waals surface area contributed by atoms with E-state index in [9.17, 15) is 19.5 Å². The maximum Gasteiger partial charge on any atom is 0.242 e. The Balaban J connectivity index is 0.913. The van der Waals surface area contributed by atoms with E-state index < -0.39 is 6.10 Å². The van der Waals surface area contributed by atoms with Gasteiger partial charge in [0.1, 0.15) is 17.2 Å². The maximum atomic E-state index is 12.4. The predicted molar refractivity (Wildman–Crippen MR) is 196 cm³/mol. The van der Waals surface area contributed by atoms with Gasteiger partial charge in [-0.05, 0) is 43.5 Å². The van der Waals surface area contributed by atoms with Gasteiger partial charge in [0.15, 0.2) is 11.5 Å². The number of amides is 3. The summed E-state index contributed by atoms with van der Waals surface area (Å²) in [5, 5.41) is 18.6. The number of nitrogen functional groups attached to an aromatic ring is 1. The Morgan fingerprint density at radius 1 is 0.941 bits per heavy atom. The molecule has 51 heavy (non-hydrogen) atoms. The molecule has 1 fully saturated rings. The molecule has 3 amide bonds. The second-order valence-corrected chi connectivity index (χ2v) is 12.9. The average Bonchev–Trinajstić information content (AvgIpc) is 3.79. The smallest absolute Gasteiger partial charge is 0.242 e. The van der Waals surface area contributed by atoms with Crippen LogP contribution >= 0.6 is 0 Å². The number of likely N-dealkylation sites (N-methyl/N-ethyl adjacent to an activating group) is 1. The molecule has 0 saturated carbocycles. The number of likely N-dealkylation sites (tertiary alicyclic amines) is 1. The van der Waals surface area contributed by atoms with E-state index in [0.717, 1.165) is 56.3 Å². The number of rotatable bonds is 19. The van der Waals surface area contributed by atoms with Crippen LogP contribution in [0.3, 0.4) is 0 Å². The summed E-state index contributed by atoms with van der Waals surface area (Å²) in [6, 6.07) is 7.98. The molecule has 1 saturated heterocycles. The van der Waals surface area contributed by atoms with E-state index in [4.69, 9.17) is 10.7 Å². The number of nitrogens with zero attached hydrogens (tertiary/aromatic N) is 7. The van der Waals surface area contributed by atoms with Crippen LogP contribution in [0.2, 0.25) is 0 Å². The minimum absolute atomic E-state index is 0.00216. The number of carbonyl (C=O) groups is 3. The fraction of sp³-hybridized carbons (Fsp3) is 0.472. The number of aromatic nitrogens is 5. The van der Waals surface area contributed by atoms with Crippen molar-refractivity contribution in [2.24, 2.45) is 0 Å². The third-order valence-corrected chi connectivity index (χ3v) is 8.89. The number of hydrogen-bond acceptors (Lipinski definition) is 11. The molecule has 15 heteroatoms. The molecule has 15 nitrogen and oxygen atoms in total. The molecule has 1 unspecified atom stereocenters. The molecule has 0 spiro atoms. The lowest BCUT2D eigenvalue weighted by Gasteiger charge is -2.20. The lowest BCUT2D eigenvalue weighted by Crippen LogP contribution is -2.39. The molecule has 5 rings (SSSR count). The minimum Gasteiger partial charge on any atom is -0.391 e. The molecule has 1 atom stereocenters. The van der Waals surface area contributed by atoms with Crippen molar-refractivity contribution in [1.82, 2.24) is 39.9 Å². The fourth-order valence-corrected chi connectivity index (χ4v) is 5.96. The number of benzene rings is 1. The Labute approximate surface area is 298 Å². The number of aliphatic hydroxyl groups is 1. The van der Waals surface area contributed by atoms with E-state index in [-0.39, 0.29) is 24.3 Å². The van der Waals surface area contributed by atoms with Crippen LogP contribution in [0.5, 0.6) is 0 Å². The monoisotopic (exact) mass is 699 g/mol. The van der Waals surface area contributed by atoms with Crippen molar-refractivity contribution >= 4 is 46.4 Å². The summed E-state index contributed by atoms with van der Waals surface area (Å²) < 4.78 is 1.87. The van der Waals surface area contributed by atoms with Gasteiger partial charge in [-0.3, -0.25) is 19.4 Å². The second-order valence-electron chi connectivity index (χ2n) is 12.9. The van der Waals surface area contributed by atoms with Crippen LogP contribution in [-0.2, 0) is 14.4 Å². The average molecular weight is 700 g/mol. The third-order valence-electron chi connectivity index (χ3n) is 8.89. The van der Waals surface area contributed by atoms with Crippen LogP contribution in [0.4, 0.5) is 23.0 Å². The molecule has 1 aromatic carbocycles. The highest BCUT2D eigenvalue weighted by atomic mass is 16.3. The highest BCUT2D eigenvalue weighted by Gasteiger charge is 2.24. The number of imidazole rings is 1. The molecule has 4 heterocycles. The Kier molecular flexibility index (Phi) is 13.5. The second kappa shape index (κ2) is 18.6. The SMILES string of the molecule is CN(CCNC(=O)CCCCCCCCCC(=O)NCC(=O)N1CCC(O)C1)c1ccc(Nc2nc(-c3cncc(N)n3)cn3ccnc23)cc1. The number of nitrogens with two attached hydrogens (primary N) is 1. The van der Waals surface area contributed by atoms with Crippen molar-refractivity contribution in [3.05, 3.63) is 55.2 Å². The minimum atomic E-state index is -0.453. The predicted octanol–water partition coefficient (Wildman–Crippen LogP) is 3.28. The lowest BCUT2D eigenvalue weighted by atomic mass is 10.1. The highest BCUT2D eigenvalue weighted by Crippen LogP contribution is 2.25. The van der Waals surface area contributed by atoms with Gasteiger partial charge in [0.25, 0.3) is 0 Å². The van der Waals surface area contributed by atoms with E-state index in [1.54, 1.807) is 17.3 Å². The van der Waals surface area contributed by atoms with Crippen molar-refractivity contribution in [1.29, 1.82) is 0 Å². The van der Waals surface area contributed by atoms with Crippen LogP contribution in [0.25, 0.3) is 17.0 Å². The van der Waals surface area contributed by atoms with Gasteiger partial charge >= 0.3 is 0 Å². The summed E-state index contributed by atoms with van der Waals surface area (Å²) in [5.74, 6) is 0.718. The van der Waals surface area contributed by atoms with Crippen molar-refractivity contribution in [3.8, 4) is 11.4 Å². The van der Waals surface area contributed by atoms with Crippen molar-refractivity contribution in [2.75, 3.05) is 55.7 Å². The van der Waals surface area contributed by atoms with Crippen LogP contribution in [0.1, 0.15) is 64.2 Å². The summed E-state index contributed by atoms with van der Waals surface area (Å²) >= 11 is 0. The van der Waals surface area contributed by atoms with Crippen LogP contribution in [0.15, 0.2) is 55.2 Å². The standard InChI is InChI=1S/C36H49N11O4/c1-45(19-16-39-32(49)9-7-5-3-2-4-6-8-10-33(50)41-23-34(51)46-18-15-28(48)24-46)27-13-11-26(12-14-27)42-35-36-40-17-20-47(36)25-30(44-35)29-21-38-22-31(37)43-29/h11-14,17,20-22,25,28,48H,2-10,15-16,18-19,23-24H2,1H3,(H2,37,43)(H,39,49)(H,41,50)(H,42,44). The molecule has 4 aromatic rings. The molecule has 0 bridgehead atoms. The number of anilines is 4. The van der Waals surface area contributed by atoms with Gasteiger partial charge < -0.3 is 41.0 Å². The van der Waals surface area contributed by atoms with Crippen molar-refractivity contribution < 1.29 is 19.5 Å². The number of aliphatic hydroxyl groups excluding tert-OH is 1. The van der Waals surface area contributed by atoms with E-state index in [1.807, 2.05) is 48.1 Å². The number of hydrogen-bond donors (Lipinski definition) is 5. The number of nitrogens with one attached hydrogen (secondary N) is 3. The Morgan fingerprint density at radius 2 is 1.65 bits per heavy atom. The molecular weight excluding hydrogens is 650 g/mol. The Morgan fingerprint density at radius 3 is 2.33 bits per heavy atom. The number of carbonyl (C=O) groups excluding carboxylic acids is 3. The third kappa shape index (κ3) is 11.4. The van der Waals surface area contributed by atoms with Crippen LogP contribution in [-0.4, -0.2) is 97.9 Å². The van der Waals surface area contributed by atoms with Gasteiger partial charge in [-0.25, -0.2) is 15.0 Å². The molecule has 272 valence electrons. The summed E-state index contributed by atoms with van der Waals surface area (Å²) in [7, 11) is 2.00. The molecule has 0 aliphatic carbocycles. The van der Waals surface area contributed by atoms with E-state index in [2.05, 4.69) is 35.8 Å². The van der Waals surface area contributed by atoms with Crippen molar-refractivity contribution in [3.63, 3.8) is 0 Å². The van der Waals surface area contributed by atoms with Crippen molar-refractivity contribution in [2.45, 2.75) is 70.3 Å². The van der Waals surface area contributed by atoms with Crippen LogP contribution < -0.4 is 26.6 Å².